The highest BCUT2D eigenvalue weighted by Gasteiger charge is 2.06. The molecule has 18 heavy (non-hydrogen) atoms. The number of benzene rings is 1. The Balaban J connectivity index is 2.48. The number of carbonyl (C=O) groups excluding carboxylic acids is 1. The second-order valence-electron chi connectivity index (χ2n) is 4.11. The maximum Gasteiger partial charge on any atom is 0.258 e. The van der Waals surface area contributed by atoms with Gasteiger partial charge in [-0.25, -0.2) is 0 Å². The number of amides is 1. The molecule has 0 aromatic heterocycles. The van der Waals surface area contributed by atoms with Crippen LogP contribution >= 0.6 is 0 Å². The average Bonchev–Trinajstić information content (AvgIpc) is 2.32. The molecule has 0 aliphatic carbocycles. The third kappa shape index (κ3) is 4.25. The number of carbonyl (C=O) groups is 1. The van der Waals surface area contributed by atoms with Gasteiger partial charge >= 0.3 is 0 Å². The van der Waals surface area contributed by atoms with Gasteiger partial charge in [0.15, 0.2) is 6.61 Å². The number of nitrogens with one attached hydrogen (secondary N) is 1. The van der Waals surface area contributed by atoms with Crippen molar-refractivity contribution in [2.75, 3.05) is 32.6 Å². The van der Waals surface area contributed by atoms with Crippen molar-refractivity contribution < 1.29 is 14.3 Å². The quantitative estimate of drug-likeness (QED) is 0.586. The van der Waals surface area contributed by atoms with Crippen LogP contribution in [0.25, 0.3) is 0 Å². The molecular weight excluding hydrogens is 232 g/mol. The number of hydrogen-bond acceptors (Lipinski definition) is 4. The zero-order chi connectivity index (χ0) is 13.5. The van der Waals surface area contributed by atoms with Crippen LogP contribution in [-0.2, 0) is 9.53 Å². The molecule has 5 heteroatoms. The first-order chi connectivity index (χ1) is 8.54. The molecule has 0 spiro atoms. The summed E-state index contributed by atoms with van der Waals surface area (Å²) in [5, 5.41) is 2.68. The van der Waals surface area contributed by atoms with Gasteiger partial charge in [-0.3, -0.25) is 4.79 Å². The van der Waals surface area contributed by atoms with E-state index in [-0.39, 0.29) is 12.5 Å². The maximum atomic E-state index is 11.4. The second-order valence-corrected chi connectivity index (χ2v) is 4.11. The van der Waals surface area contributed by atoms with Crippen LogP contribution in [0.1, 0.15) is 11.1 Å². The summed E-state index contributed by atoms with van der Waals surface area (Å²) in [6, 6.07) is 3.68. The van der Waals surface area contributed by atoms with Gasteiger partial charge in [-0.2, -0.15) is 0 Å². The minimum Gasteiger partial charge on any atom is -0.483 e. The van der Waals surface area contributed by atoms with Crippen LogP contribution in [0.3, 0.4) is 0 Å². The fourth-order valence-corrected chi connectivity index (χ4v) is 1.49. The van der Waals surface area contributed by atoms with Crippen molar-refractivity contribution in [3.8, 4) is 5.75 Å². The largest absolute Gasteiger partial charge is 0.483 e. The standard InChI is InChI=1S/C13H20N2O3/c1-9-6-10(2)12(7-11(9)14)18-8-13(16)15-4-5-17-3/h6-7H,4-5,8,14H2,1-3H3,(H,15,16). The Morgan fingerprint density at radius 3 is 2.72 bits per heavy atom. The molecule has 1 rings (SSSR count). The molecule has 0 atom stereocenters. The molecule has 5 nitrogen and oxygen atoms in total. The van der Waals surface area contributed by atoms with Crippen LogP contribution in [0.4, 0.5) is 5.69 Å². The van der Waals surface area contributed by atoms with E-state index < -0.39 is 0 Å². The summed E-state index contributed by atoms with van der Waals surface area (Å²) >= 11 is 0. The topological polar surface area (TPSA) is 73.6 Å². The van der Waals surface area contributed by atoms with Gasteiger partial charge in [0.05, 0.1) is 6.61 Å². The highest BCUT2D eigenvalue weighted by Crippen LogP contribution is 2.24. The summed E-state index contributed by atoms with van der Waals surface area (Å²) in [7, 11) is 1.58. The van der Waals surface area contributed by atoms with Gasteiger partial charge in [0, 0.05) is 25.4 Å². The molecule has 3 N–H and O–H groups in total. The number of nitrogen functional groups attached to an aromatic ring is 1. The molecule has 1 aromatic carbocycles. The molecule has 0 heterocycles. The monoisotopic (exact) mass is 252 g/mol. The Hall–Kier alpha value is -1.75. The van der Waals surface area contributed by atoms with Gasteiger partial charge in [0.1, 0.15) is 5.75 Å². The predicted octanol–water partition coefficient (Wildman–Crippen LogP) is 1.03. The van der Waals surface area contributed by atoms with E-state index in [0.29, 0.717) is 24.6 Å². The molecule has 1 amide bonds. The van der Waals surface area contributed by atoms with Crippen LogP contribution in [0.5, 0.6) is 5.75 Å². The average molecular weight is 252 g/mol. The van der Waals surface area contributed by atoms with Crippen molar-refractivity contribution in [3.63, 3.8) is 0 Å². The number of hydrogen-bond donors (Lipinski definition) is 2. The normalized spacial score (nSPS) is 10.2. The highest BCUT2D eigenvalue weighted by atomic mass is 16.5. The van der Waals surface area contributed by atoms with E-state index in [1.165, 1.54) is 0 Å². The smallest absolute Gasteiger partial charge is 0.258 e. The third-order valence-corrected chi connectivity index (χ3v) is 2.55. The Kier molecular flexibility index (Phi) is 5.45. The fourth-order valence-electron chi connectivity index (χ4n) is 1.49. The lowest BCUT2D eigenvalue weighted by molar-refractivity contribution is -0.123. The van der Waals surface area contributed by atoms with Gasteiger partial charge in [-0.1, -0.05) is 6.07 Å². The Morgan fingerprint density at radius 2 is 2.06 bits per heavy atom. The van der Waals surface area contributed by atoms with E-state index in [0.717, 1.165) is 11.1 Å². The molecule has 0 fully saturated rings. The van der Waals surface area contributed by atoms with Gasteiger partial charge in [-0.15, -0.1) is 0 Å². The minimum absolute atomic E-state index is 0.0208. The summed E-state index contributed by atoms with van der Waals surface area (Å²) in [6.45, 7) is 4.80. The number of ether oxygens (including phenoxy) is 2. The number of anilines is 1. The van der Waals surface area contributed by atoms with Crippen LogP contribution in [0, 0.1) is 13.8 Å². The number of aryl methyl sites for hydroxylation is 2. The molecule has 0 radical (unpaired) electrons. The SMILES string of the molecule is COCCNC(=O)COc1cc(N)c(C)cc1C. The summed E-state index contributed by atoms with van der Waals surface area (Å²) in [6.07, 6.45) is 0. The van der Waals surface area contributed by atoms with Crippen LogP contribution in [0.2, 0.25) is 0 Å². The number of nitrogens with two attached hydrogens (primary N) is 1. The van der Waals surface area contributed by atoms with Crippen LogP contribution in [-0.4, -0.2) is 32.8 Å². The molecular formula is C13H20N2O3. The van der Waals surface area contributed by atoms with Crippen molar-refractivity contribution in [1.82, 2.24) is 5.32 Å². The summed E-state index contributed by atoms with van der Waals surface area (Å²) in [5.74, 6) is 0.464. The first-order valence-corrected chi connectivity index (χ1v) is 5.79. The highest BCUT2D eigenvalue weighted by molar-refractivity contribution is 5.77. The Labute approximate surface area is 107 Å². The zero-order valence-electron chi connectivity index (χ0n) is 11.1. The lowest BCUT2D eigenvalue weighted by atomic mass is 10.1. The Morgan fingerprint density at radius 1 is 1.33 bits per heavy atom. The summed E-state index contributed by atoms with van der Waals surface area (Å²) < 4.78 is 10.3. The first kappa shape index (κ1) is 14.3. The van der Waals surface area contributed by atoms with E-state index in [4.69, 9.17) is 15.2 Å². The van der Waals surface area contributed by atoms with E-state index in [1.54, 1.807) is 13.2 Å². The fraction of sp³-hybridized carbons (Fsp3) is 0.462. The van der Waals surface area contributed by atoms with E-state index in [2.05, 4.69) is 5.32 Å². The molecule has 0 unspecified atom stereocenters. The molecule has 0 aliphatic heterocycles. The molecule has 0 aliphatic rings. The lowest BCUT2D eigenvalue weighted by Crippen LogP contribution is -2.31. The van der Waals surface area contributed by atoms with E-state index in [9.17, 15) is 4.79 Å². The van der Waals surface area contributed by atoms with E-state index in [1.807, 2.05) is 19.9 Å². The molecule has 1 aromatic rings. The Bertz CT molecular complexity index is 419. The maximum absolute atomic E-state index is 11.4. The van der Waals surface area contributed by atoms with Crippen LogP contribution < -0.4 is 15.8 Å². The number of rotatable bonds is 6. The zero-order valence-corrected chi connectivity index (χ0v) is 11.1. The van der Waals surface area contributed by atoms with Crippen molar-refractivity contribution in [2.45, 2.75) is 13.8 Å². The summed E-state index contributed by atoms with van der Waals surface area (Å²) in [4.78, 5) is 11.4. The lowest BCUT2D eigenvalue weighted by Gasteiger charge is -2.11. The minimum atomic E-state index is -0.175. The van der Waals surface area contributed by atoms with Gasteiger partial charge < -0.3 is 20.5 Å². The molecule has 0 saturated heterocycles. The summed E-state index contributed by atoms with van der Waals surface area (Å²) in [5.41, 5.74) is 8.43. The first-order valence-electron chi connectivity index (χ1n) is 5.79. The van der Waals surface area contributed by atoms with Crippen molar-refractivity contribution in [1.29, 1.82) is 0 Å². The second kappa shape index (κ2) is 6.86. The molecule has 0 bridgehead atoms. The van der Waals surface area contributed by atoms with Gasteiger partial charge in [0.2, 0.25) is 0 Å². The molecule has 0 saturated carbocycles. The van der Waals surface area contributed by atoms with Gasteiger partial charge in [-0.05, 0) is 25.0 Å². The predicted molar refractivity (Wildman–Crippen MR) is 70.7 cm³/mol. The molecule has 100 valence electrons. The van der Waals surface area contributed by atoms with Crippen molar-refractivity contribution in [3.05, 3.63) is 23.3 Å². The van der Waals surface area contributed by atoms with Crippen molar-refractivity contribution >= 4 is 11.6 Å². The number of methoxy groups -OCH3 is 1. The van der Waals surface area contributed by atoms with Gasteiger partial charge in [0.25, 0.3) is 5.91 Å². The third-order valence-electron chi connectivity index (χ3n) is 2.55. The van der Waals surface area contributed by atoms with Crippen LogP contribution in [0.15, 0.2) is 12.1 Å². The van der Waals surface area contributed by atoms with E-state index >= 15 is 0 Å². The van der Waals surface area contributed by atoms with Crippen molar-refractivity contribution in [2.24, 2.45) is 0 Å².